The number of hydrogen-bond acceptors (Lipinski definition) is 8. The number of thioether (sulfide) groups is 1. The Morgan fingerprint density at radius 3 is 2.50 bits per heavy atom. The standard InChI is InChI=1S/C19H33N9O5S/c1-34-6-4-12(20)16(30)28-14(7-11-8-23-10-26-11)17(31)25-9-15(29)27-13(18(32)33)3-2-5-24-19(21)22/h8,10,12-14H,2-7,9,20H2,1H3,(H,23,26)(H,25,31)(H,27,29)(H,28,30)(H,32,33)(H4,21,22,24). The van der Waals surface area contributed by atoms with Crippen LogP contribution in [-0.2, 0) is 25.6 Å². The van der Waals surface area contributed by atoms with E-state index in [9.17, 15) is 24.3 Å². The van der Waals surface area contributed by atoms with Crippen LogP contribution in [0.1, 0.15) is 25.0 Å². The molecule has 34 heavy (non-hydrogen) atoms. The molecule has 1 aromatic heterocycles. The third-order valence-corrected chi connectivity index (χ3v) is 5.23. The lowest BCUT2D eigenvalue weighted by atomic mass is 10.1. The number of aliphatic imine (C=N–C) groups is 1. The van der Waals surface area contributed by atoms with E-state index < -0.39 is 48.4 Å². The van der Waals surface area contributed by atoms with Gasteiger partial charge in [-0.05, 0) is 31.3 Å². The van der Waals surface area contributed by atoms with Crippen LogP contribution in [-0.4, -0.2) is 87.9 Å². The van der Waals surface area contributed by atoms with Crippen LogP contribution in [0, 0.1) is 0 Å². The first-order chi connectivity index (χ1) is 16.1. The molecule has 0 aliphatic heterocycles. The predicted octanol–water partition coefficient (Wildman–Crippen LogP) is -2.74. The molecule has 1 rings (SSSR count). The van der Waals surface area contributed by atoms with Gasteiger partial charge in [-0.2, -0.15) is 11.8 Å². The molecule has 0 radical (unpaired) electrons. The number of nitrogens with zero attached hydrogens (tertiary/aromatic N) is 2. The number of nitrogens with two attached hydrogens (primary N) is 3. The van der Waals surface area contributed by atoms with E-state index in [0.29, 0.717) is 24.3 Å². The molecule has 0 aliphatic rings. The minimum absolute atomic E-state index is 0.0942. The van der Waals surface area contributed by atoms with Gasteiger partial charge in [0.2, 0.25) is 17.7 Å². The van der Waals surface area contributed by atoms with E-state index in [1.165, 1.54) is 12.5 Å². The van der Waals surface area contributed by atoms with Crippen molar-refractivity contribution in [2.75, 3.05) is 25.1 Å². The lowest BCUT2D eigenvalue weighted by molar-refractivity contribution is -0.142. The number of aromatic amines is 1. The lowest BCUT2D eigenvalue weighted by Crippen LogP contribution is -2.54. The van der Waals surface area contributed by atoms with E-state index >= 15 is 0 Å². The van der Waals surface area contributed by atoms with Crippen LogP contribution in [0.2, 0.25) is 0 Å². The fourth-order valence-electron chi connectivity index (χ4n) is 2.78. The Labute approximate surface area is 201 Å². The first kappa shape index (κ1) is 28.7. The summed E-state index contributed by atoms with van der Waals surface area (Å²) in [5.41, 5.74) is 16.9. The van der Waals surface area contributed by atoms with Crippen LogP contribution in [0.15, 0.2) is 17.5 Å². The molecule has 15 heteroatoms. The van der Waals surface area contributed by atoms with Crippen molar-refractivity contribution in [1.82, 2.24) is 25.9 Å². The molecule has 0 saturated carbocycles. The van der Waals surface area contributed by atoms with Gasteiger partial charge in [-0.3, -0.25) is 19.4 Å². The molecule has 1 heterocycles. The van der Waals surface area contributed by atoms with E-state index in [4.69, 9.17) is 17.2 Å². The number of carboxylic acid groups (broad SMARTS) is 1. The molecule has 14 nitrogen and oxygen atoms in total. The molecule has 0 spiro atoms. The van der Waals surface area contributed by atoms with E-state index in [-0.39, 0.29) is 25.3 Å². The minimum Gasteiger partial charge on any atom is -0.480 e. The second kappa shape index (κ2) is 15.5. The fraction of sp³-hybridized carbons (Fsp3) is 0.579. The molecule has 190 valence electrons. The maximum Gasteiger partial charge on any atom is 0.326 e. The highest BCUT2D eigenvalue weighted by Gasteiger charge is 2.26. The number of hydrogen-bond donors (Lipinski definition) is 8. The van der Waals surface area contributed by atoms with Gasteiger partial charge in [0.15, 0.2) is 5.96 Å². The molecule has 0 saturated heterocycles. The summed E-state index contributed by atoms with van der Waals surface area (Å²) >= 11 is 1.55. The van der Waals surface area contributed by atoms with E-state index in [0.717, 1.165) is 0 Å². The molecular weight excluding hydrogens is 466 g/mol. The summed E-state index contributed by atoms with van der Waals surface area (Å²) in [5.74, 6) is -2.48. The Balaban J connectivity index is 2.66. The number of rotatable bonds is 16. The maximum atomic E-state index is 12.7. The molecule has 3 amide bonds. The van der Waals surface area contributed by atoms with Gasteiger partial charge in [-0.15, -0.1) is 0 Å². The summed E-state index contributed by atoms with van der Waals surface area (Å²) in [6, 6.07) is -2.98. The number of nitrogens with one attached hydrogen (secondary N) is 4. The highest BCUT2D eigenvalue weighted by atomic mass is 32.2. The van der Waals surface area contributed by atoms with Gasteiger partial charge in [-0.1, -0.05) is 0 Å². The van der Waals surface area contributed by atoms with Gasteiger partial charge in [0.05, 0.1) is 18.9 Å². The van der Waals surface area contributed by atoms with Gasteiger partial charge < -0.3 is 43.2 Å². The van der Waals surface area contributed by atoms with Crippen LogP contribution < -0.4 is 33.2 Å². The van der Waals surface area contributed by atoms with Crippen molar-refractivity contribution in [2.24, 2.45) is 22.2 Å². The number of imidazole rings is 1. The summed E-state index contributed by atoms with van der Waals surface area (Å²) in [4.78, 5) is 59.2. The van der Waals surface area contributed by atoms with Crippen molar-refractivity contribution >= 4 is 41.4 Å². The zero-order chi connectivity index (χ0) is 25.5. The number of aliphatic carboxylic acids is 1. The predicted molar refractivity (Wildman–Crippen MR) is 128 cm³/mol. The summed E-state index contributed by atoms with van der Waals surface area (Å²) in [6.45, 7) is -0.267. The van der Waals surface area contributed by atoms with Crippen LogP contribution in [0.4, 0.5) is 0 Å². The van der Waals surface area contributed by atoms with Crippen LogP contribution in [0.25, 0.3) is 0 Å². The zero-order valence-electron chi connectivity index (χ0n) is 19.0. The van der Waals surface area contributed by atoms with Crippen LogP contribution in [0.5, 0.6) is 0 Å². The van der Waals surface area contributed by atoms with Gasteiger partial charge in [0, 0.05) is 24.9 Å². The first-order valence-electron chi connectivity index (χ1n) is 10.5. The SMILES string of the molecule is CSCCC(N)C(=O)NC(Cc1cnc[nH]1)C(=O)NCC(=O)NC(CCCN=C(N)N)C(=O)O. The van der Waals surface area contributed by atoms with Gasteiger partial charge in [0.1, 0.15) is 12.1 Å². The highest BCUT2D eigenvalue weighted by Crippen LogP contribution is 2.03. The number of amides is 3. The van der Waals surface area contributed by atoms with Gasteiger partial charge in [-0.25, -0.2) is 9.78 Å². The smallest absolute Gasteiger partial charge is 0.326 e. The molecule has 3 atom stereocenters. The number of H-pyrrole nitrogens is 1. The zero-order valence-corrected chi connectivity index (χ0v) is 19.8. The highest BCUT2D eigenvalue weighted by molar-refractivity contribution is 7.98. The molecular formula is C19H33N9O5S. The molecule has 0 bridgehead atoms. The molecule has 0 fully saturated rings. The summed E-state index contributed by atoms with van der Waals surface area (Å²) in [6.07, 6.45) is 5.79. The number of carbonyl (C=O) groups is 4. The molecule has 0 aliphatic carbocycles. The van der Waals surface area contributed by atoms with E-state index in [1.807, 2.05) is 6.26 Å². The van der Waals surface area contributed by atoms with Gasteiger partial charge in [0.25, 0.3) is 0 Å². The maximum absolute atomic E-state index is 12.7. The van der Waals surface area contributed by atoms with Gasteiger partial charge >= 0.3 is 5.97 Å². The Kier molecular flexibility index (Phi) is 13.1. The fourth-order valence-corrected chi connectivity index (χ4v) is 3.27. The average molecular weight is 500 g/mol. The number of guanidine groups is 1. The third kappa shape index (κ3) is 11.5. The molecule has 11 N–H and O–H groups in total. The monoisotopic (exact) mass is 499 g/mol. The Hall–Kier alpha value is -3.33. The lowest BCUT2D eigenvalue weighted by Gasteiger charge is -2.20. The summed E-state index contributed by atoms with van der Waals surface area (Å²) in [5, 5.41) is 16.6. The van der Waals surface area contributed by atoms with Crippen LogP contribution in [0.3, 0.4) is 0 Å². The second-order valence-corrected chi connectivity index (χ2v) is 8.34. The Morgan fingerprint density at radius 1 is 1.18 bits per heavy atom. The minimum atomic E-state index is -1.23. The van der Waals surface area contributed by atoms with Crippen LogP contribution >= 0.6 is 11.8 Å². The number of carbonyl (C=O) groups excluding carboxylic acids is 3. The quantitative estimate of drug-likeness (QED) is 0.0662. The topological polar surface area (TPSA) is 244 Å². The van der Waals surface area contributed by atoms with E-state index in [1.54, 1.807) is 11.8 Å². The molecule has 0 aromatic carbocycles. The van der Waals surface area contributed by atoms with Crippen molar-refractivity contribution in [3.05, 3.63) is 18.2 Å². The molecule has 3 unspecified atom stereocenters. The van der Waals surface area contributed by atoms with Crippen molar-refractivity contribution in [2.45, 2.75) is 43.8 Å². The first-order valence-corrected chi connectivity index (χ1v) is 11.9. The van der Waals surface area contributed by atoms with Crippen molar-refractivity contribution < 1.29 is 24.3 Å². The van der Waals surface area contributed by atoms with Crippen molar-refractivity contribution in [3.63, 3.8) is 0 Å². The number of carboxylic acids is 1. The van der Waals surface area contributed by atoms with Crippen molar-refractivity contribution in [1.29, 1.82) is 0 Å². The van der Waals surface area contributed by atoms with E-state index in [2.05, 4.69) is 30.9 Å². The number of aromatic nitrogens is 2. The normalized spacial score (nSPS) is 13.2. The van der Waals surface area contributed by atoms with Crippen molar-refractivity contribution in [3.8, 4) is 0 Å². The largest absolute Gasteiger partial charge is 0.480 e. The molecule has 1 aromatic rings. The second-order valence-electron chi connectivity index (χ2n) is 7.36. The third-order valence-electron chi connectivity index (χ3n) is 4.58. The summed E-state index contributed by atoms with van der Waals surface area (Å²) in [7, 11) is 0. The summed E-state index contributed by atoms with van der Waals surface area (Å²) < 4.78 is 0. The Bertz CT molecular complexity index is 830. The average Bonchev–Trinajstić information content (AvgIpc) is 3.30. The Morgan fingerprint density at radius 2 is 1.91 bits per heavy atom.